The molecular weight excluding hydrogens is 483 g/mol. The maximum Gasteiger partial charge on any atom is 0.174 e. The second kappa shape index (κ2) is 9.87. The van der Waals surface area contributed by atoms with E-state index in [1.165, 1.54) is 12.1 Å². The largest absolute Gasteiger partial charge is 0.457 e. The molecule has 6 rings (SSSR count). The molecule has 3 heterocycles. The van der Waals surface area contributed by atoms with Crippen LogP contribution in [0.4, 0.5) is 10.1 Å². The summed E-state index contributed by atoms with van der Waals surface area (Å²) in [5.41, 5.74) is 3.67. The van der Waals surface area contributed by atoms with Crippen molar-refractivity contribution in [3.8, 4) is 17.2 Å². The molecule has 1 aliphatic rings. The summed E-state index contributed by atoms with van der Waals surface area (Å²) in [4.78, 5) is 6.74. The summed E-state index contributed by atoms with van der Waals surface area (Å²) in [5, 5.41) is 4.09. The molecule has 0 saturated carbocycles. The SMILES string of the molecule is Fc1ccc(-n2cccc2[C@H]2[C@@H](c3ccccn3)NC(=S)N2c2ccc(Oc3ccccc3)cc2)cc1. The first-order valence-corrected chi connectivity index (χ1v) is 12.3. The van der Waals surface area contributed by atoms with E-state index in [1.54, 1.807) is 18.3 Å². The Morgan fingerprint density at radius 2 is 1.46 bits per heavy atom. The highest BCUT2D eigenvalue weighted by molar-refractivity contribution is 7.80. The Bertz CT molecular complexity index is 1510. The van der Waals surface area contributed by atoms with E-state index in [0.717, 1.165) is 34.3 Å². The lowest BCUT2D eigenvalue weighted by atomic mass is 10.0. The number of halogens is 1. The minimum atomic E-state index is -0.271. The van der Waals surface area contributed by atoms with Crippen LogP contribution in [0, 0.1) is 5.82 Å². The molecule has 2 atom stereocenters. The number of anilines is 1. The molecule has 2 aromatic heterocycles. The normalized spacial score (nSPS) is 17.0. The van der Waals surface area contributed by atoms with Gasteiger partial charge in [0, 0.05) is 29.5 Å². The van der Waals surface area contributed by atoms with Crippen molar-refractivity contribution in [3.63, 3.8) is 0 Å². The fourth-order valence-electron chi connectivity index (χ4n) is 4.70. The molecule has 1 N–H and O–H groups in total. The fraction of sp³-hybridized carbons (Fsp3) is 0.0667. The van der Waals surface area contributed by atoms with Crippen molar-refractivity contribution in [2.24, 2.45) is 0 Å². The lowest BCUT2D eigenvalue weighted by Gasteiger charge is -2.29. The Balaban J connectivity index is 1.40. The minimum Gasteiger partial charge on any atom is -0.457 e. The highest BCUT2D eigenvalue weighted by Gasteiger charge is 2.42. The Morgan fingerprint density at radius 3 is 2.19 bits per heavy atom. The number of pyridine rings is 1. The van der Waals surface area contributed by atoms with E-state index in [4.69, 9.17) is 17.0 Å². The Kier molecular flexibility index (Phi) is 6.12. The minimum absolute atomic E-state index is 0.192. The number of nitrogens with zero attached hydrogens (tertiary/aromatic N) is 3. The molecule has 37 heavy (non-hydrogen) atoms. The third kappa shape index (κ3) is 4.57. The van der Waals surface area contributed by atoms with Gasteiger partial charge in [0.1, 0.15) is 23.4 Å². The first-order chi connectivity index (χ1) is 18.2. The monoisotopic (exact) mass is 506 g/mol. The van der Waals surface area contributed by atoms with Crippen LogP contribution in [0.25, 0.3) is 5.69 Å². The zero-order chi connectivity index (χ0) is 25.2. The number of benzene rings is 3. The molecule has 0 spiro atoms. The van der Waals surface area contributed by atoms with Crippen LogP contribution in [0.1, 0.15) is 23.5 Å². The molecule has 0 aliphatic carbocycles. The lowest BCUT2D eigenvalue weighted by molar-refractivity contribution is 0.482. The third-order valence-corrected chi connectivity index (χ3v) is 6.69. The van der Waals surface area contributed by atoms with Crippen molar-refractivity contribution >= 4 is 23.0 Å². The standard InChI is InChI=1S/C30H23FN4OS/c31-21-11-13-22(14-12-21)34-20-6-10-27(34)29-28(26-9-4-5-19-32-26)33-30(37)35(29)23-15-17-25(18-16-23)36-24-7-2-1-3-8-24/h1-20,28-29H,(H,33,37)/t28-,29+/m1/s1. The number of thiocarbonyl (C=S) groups is 1. The molecule has 0 unspecified atom stereocenters. The third-order valence-electron chi connectivity index (χ3n) is 6.38. The summed E-state index contributed by atoms with van der Waals surface area (Å²) in [6, 6.07) is 33.6. The summed E-state index contributed by atoms with van der Waals surface area (Å²) in [5.74, 6) is 1.24. The van der Waals surface area contributed by atoms with Crippen LogP contribution in [-0.2, 0) is 0 Å². The van der Waals surface area contributed by atoms with Gasteiger partial charge in [-0.15, -0.1) is 0 Å². The van der Waals surface area contributed by atoms with Crippen LogP contribution in [-0.4, -0.2) is 14.7 Å². The van der Waals surface area contributed by atoms with E-state index < -0.39 is 0 Å². The van der Waals surface area contributed by atoms with Gasteiger partial charge in [0.2, 0.25) is 0 Å². The van der Waals surface area contributed by atoms with E-state index in [2.05, 4.69) is 25.8 Å². The zero-order valence-electron chi connectivity index (χ0n) is 19.7. The summed E-state index contributed by atoms with van der Waals surface area (Å²) in [6.07, 6.45) is 3.77. The number of para-hydroxylation sites is 1. The number of ether oxygens (including phenoxy) is 1. The molecule has 182 valence electrons. The van der Waals surface area contributed by atoms with Gasteiger partial charge in [0.15, 0.2) is 5.11 Å². The van der Waals surface area contributed by atoms with Gasteiger partial charge in [0.25, 0.3) is 0 Å². The van der Waals surface area contributed by atoms with Crippen molar-refractivity contribution in [2.75, 3.05) is 4.90 Å². The molecule has 0 amide bonds. The van der Waals surface area contributed by atoms with Crippen molar-refractivity contribution in [1.29, 1.82) is 0 Å². The second-order valence-electron chi connectivity index (χ2n) is 8.69. The summed E-state index contributed by atoms with van der Waals surface area (Å²) in [7, 11) is 0. The van der Waals surface area contributed by atoms with Crippen LogP contribution in [0.3, 0.4) is 0 Å². The number of nitrogens with one attached hydrogen (secondary N) is 1. The van der Waals surface area contributed by atoms with Gasteiger partial charge in [0.05, 0.1) is 11.7 Å². The van der Waals surface area contributed by atoms with Crippen LogP contribution in [0.15, 0.2) is 122 Å². The van der Waals surface area contributed by atoms with Gasteiger partial charge in [-0.2, -0.15) is 0 Å². The highest BCUT2D eigenvalue weighted by atomic mass is 32.1. The topological polar surface area (TPSA) is 42.3 Å². The lowest BCUT2D eigenvalue weighted by Crippen LogP contribution is -2.30. The van der Waals surface area contributed by atoms with Crippen LogP contribution < -0.4 is 15.0 Å². The Morgan fingerprint density at radius 1 is 0.757 bits per heavy atom. The van der Waals surface area contributed by atoms with E-state index in [9.17, 15) is 4.39 Å². The first-order valence-electron chi connectivity index (χ1n) is 11.9. The van der Waals surface area contributed by atoms with Crippen LogP contribution >= 0.6 is 12.2 Å². The van der Waals surface area contributed by atoms with E-state index >= 15 is 0 Å². The summed E-state index contributed by atoms with van der Waals surface area (Å²) in [6.45, 7) is 0. The van der Waals surface area contributed by atoms with Crippen molar-refractivity contribution in [3.05, 3.63) is 139 Å². The Labute approximate surface area is 219 Å². The van der Waals surface area contributed by atoms with Gasteiger partial charge in [-0.3, -0.25) is 4.98 Å². The van der Waals surface area contributed by atoms with Crippen molar-refractivity contribution < 1.29 is 9.13 Å². The predicted octanol–water partition coefficient (Wildman–Crippen LogP) is 6.98. The van der Waals surface area contributed by atoms with Gasteiger partial charge in [-0.25, -0.2) is 4.39 Å². The quantitative estimate of drug-likeness (QED) is 0.252. The van der Waals surface area contributed by atoms with Gasteiger partial charge >= 0.3 is 0 Å². The number of aromatic nitrogens is 2. The molecule has 5 aromatic rings. The number of rotatable bonds is 6. The number of hydrogen-bond donors (Lipinski definition) is 1. The summed E-state index contributed by atoms with van der Waals surface area (Å²) >= 11 is 5.86. The van der Waals surface area contributed by atoms with Crippen molar-refractivity contribution in [2.45, 2.75) is 12.1 Å². The molecule has 3 aromatic carbocycles. The average molecular weight is 507 g/mol. The van der Waals surface area contributed by atoms with Gasteiger partial charge < -0.3 is 19.5 Å². The second-order valence-corrected chi connectivity index (χ2v) is 9.07. The van der Waals surface area contributed by atoms with Crippen LogP contribution in [0.2, 0.25) is 0 Å². The molecule has 7 heteroatoms. The highest BCUT2D eigenvalue weighted by Crippen LogP contribution is 2.42. The maximum absolute atomic E-state index is 13.7. The molecule has 1 fully saturated rings. The van der Waals surface area contributed by atoms with E-state index in [0.29, 0.717) is 5.11 Å². The van der Waals surface area contributed by atoms with Gasteiger partial charge in [-0.05, 0) is 97.1 Å². The van der Waals surface area contributed by atoms with E-state index in [1.807, 2.05) is 85.1 Å². The average Bonchev–Trinajstić information content (AvgIpc) is 3.55. The number of hydrogen-bond acceptors (Lipinski definition) is 3. The smallest absolute Gasteiger partial charge is 0.174 e. The van der Waals surface area contributed by atoms with Crippen LogP contribution in [0.5, 0.6) is 11.5 Å². The first kappa shape index (κ1) is 22.9. The molecule has 0 radical (unpaired) electrons. The maximum atomic E-state index is 13.7. The molecule has 0 bridgehead atoms. The molecular formula is C30H23FN4OS. The van der Waals surface area contributed by atoms with Crippen molar-refractivity contribution in [1.82, 2.24) is 14.9 Å². The Hall–Kier alpha value is -4.49. The molecule has 5 nitrogen and oxygen atoms in total. The molecule has 1 saturated heterocycles. The predicted molar refractivity (Wildman–Crippen MR) is 147 cm³/mol. The van der Waals surface area contributed by atoms with Gasteiger partial charge in [-0.1, -0.05) is 24.3 Å². The zero-order valence-corrected chi connectivity index (χ0v) is 20.6. The summed E-state index contributed by atoms with van der Waals surface area (Å²) < 4.78 is 21.7. The molecule has 1 aliphatic heterocycles. The fourth-order valence-corrected chi connectivity index (χ4v) is 5.05. The van der Waals surface area contributed by atoms with E-state index in [-0.39, 0.29) is 17.9 Å².